The average molecular weight is 314 g/mol. The van der Waals surface area contributed by atoms with Gasteiger partial charge >= 0.3 is 6.09 Å². The summed E-state index contributed by atoms with van der Waals surface area (Å²) in [5.41, 5.74) is 5.75. The number of hydrogen-bond donors (Lipinski definition) is 2. The summed E-state index contributed by atoms with van der Waals surface area (Å²) < 4.78 is 12.5. The molecule has 0 bridgehead atoms. The fourth-order valence-corrected chi connectivity index (χ4v) is 1.86. The molecule has 1 rings (SSSR count). The van der Waals surface area contributed by atoms with Crippen LogP contribution in [0.1, 0.15) is 20.8 Å². The molecule has 0 atom stereocenters. The van der Waals surface area contributed by atoms with Crippen LogP contribution in [-0.4, -0.2) is 64.4 Å². The molecule has 126 valence electrons. The Bertz CT molecular complexity index is 456. The predicted molar refractivity (Wildman–Crippen MR) is 82.8 cm³/mol. The SMILES string of the molecule is CC(C)(C)N(CCOCCOCCn1cc(N)cn1)C(=O)O. The van der Waals surface area contributed by atoms with Crippen LogP contribution in [-0.2, 0) is 16.0 Å². The number of nitrogens with zero attached hydrogens (tertiary/aromatic N) is 3. The first-order chi connectivity index (χ1) is 10.3. The molecule has 0 saturated carbocycles. The first kappa shape index (κ1) is 18.2. The van der Waals surface area contributed by atoms with Crippen LogP contribution in [0.3, 0.4) is 0 Å². The van der Waals surface area contributed by atoms with Crippen LogP contribution in [0, 0.1) is 0 Å². The standard InChI is InChI=1S/C14H26N4O4/c1-14(2,3)18(13(19)20)5-7-22-9-8-21-6-4-17-11-12(15)10-16-17/h10-11H,4-9,15H2,1-3H3,(H,19,20). The normalized spacial score (nSPS) is 11.6. The summed E-state index contributed by atoms with van der Waals surface area (Å²) in [5, 5.41) is 13.2. The van der Waals surface area contributed by atoms with Crippen molar-refractivity contribution in [3.05, 3.63) is 12.4 Å². The van der Waals surface area contributed by atoms with E-state index >= 15 is 0 Å². The quantitative estimate of drug-likeness (QED) is 0.666. The smallest absolute Gasteiger partial charge is 0.407 e. The Kier molecular flexibility index (Phi) is 7.13. The van der Waals surface area contributed by atoms with Crippen LogP contribution >= 0.6 is 0 Å². The molecule has 0 aliphatic carbocycles. The lowest BCUT2D eigenvalue weighted by atomic mass is 10.1. The predicted octanol–water partition coefficient (Wildman–Crippen LogP) is 1.28. The zero-order valence-electron chi connectivity index (χ0n) is 13.5. The Morgan fingerprint density at radius 2 is 1.95 bits per heavy atom. The number of carbonyl (C=O) groups is 1. The molecule has 8 nitrogen and oxygen atoms in total. The van der Waals surface area contributed by atoms with E-state index in [0.29, 0.717) is 45.2 Å². The topological polar surface area (TPSA) is 103 Å². The molecule has 0 radical (unpaired) electrons. The lowest BCUT2D eigenvalue weighted by Crippen LogP contribution is -2.46. The molecule has 0 spiro atoms. The van der Waals surface area contributed by atoms with Gasteiger partial charge in [0.05, 0.1) is 44.9 Å². The third-order valence-corrected chi connectivity index (χ3v) is 2.99. The third kappa shape index (κ3) is 6.77. The van der Waals surface area contributed by atoms with Gasteiger partial charge in [0, 0.05) is 18.3 Å². The van der Waals surface area contributed by atoms with E-state index in [4.69, 9.17) is 20.3 Å². The molecule has 0 aliphatic rings. The molecular weight excluding hydrogens is 288 g/mol. The van der Waals surface area contributed by atoms with Crippen molar-refractivity contribution in [2.75, 3.05) is 38.7 Å². The summed E-state index contributed by atoms with van der Waals surface area (Å²) >= 11 is 0. The number of rotatable bonds is 9. The van der Waals surface area contributed by atoms with Gasteiger partial charge in [-0.2, -0.15) is 5.10 Å². The van der Waals surface area contributed by atoms with E-state index in [2.05, 4.69) is 5.10 Å². The van der Waals surface area contributed by atoms with Gasteiger partial charge in [0.15, 0.2) is 0 Å². The summed E-state index contributed by atoms with van der Waals surface area (Å²) in [7, 11) is 0. The number of ether oxygens (including phenoxy) is 2. The maximum absolute atomic E-state index is 11.1. The second-order valence-corrected chi connectivity index (χ2v) is 5.87. The van der Waals surface area contributed by atoms with E-state index in [-0.39, 0.29) is 0 Å². The number of nitrogen functional groups attached to an aromatic ring is 1. The Balaban J connectivity index is 2.04. The molecule has 1 amide bonds. The minimum Gasteiger partial charge on any atom is -0.465 e. The largest absolute Gasteiger partial charge is 0.465 e. The first-order valence-corrected chi connectivity index (χ1v) is 7.24. The molecule has 1 aromatic heterocycles. The van der Waals surface area contributed by atoms with Crippen molar-refractivity contribution in [1.29, 1.82) is 0 Å². The van der Waals surface area contributed by atoms with Gasteiger partial charge in [0.1, 0.15) is 0 Å². The van der Waals surface area contributed by atoms with Gasteiger partial charge < -0.3 is 25.2 Å². The third-order valence-electron chi connectivity index (χ3n) is 2.99. The van der Waals surface area contributed by atoms with E-state index in [0.717, 1.165) is 0 Å². The Morgan fingerprint density at radius 3 is 2.45 bits per heavy atom. The second-order valence-electron chi connectivity index (χ2n) is 5.87. The van der Waals surface area contributed by atoms with Gasteiger partial charge in [0.2, 0.25) is 0 Å². The summed E-state index contributed by atoms with van der Waals surface area (Å²) in [6, 6.07) is 0. The Morgan fingerprint density at radius 1 is 1.32 bits per heavy atom. The molecule has 0 aromatic carbocycles. The van der Waals surface area contributed by atoms with Gasteiger partial charge in [-0.1, -0.05) is 0 Å². The summed E-state index contributed by atoms with van der Waals surface area (Å²) in [6.45, 7) is 8.29. The molecule has 8 heteroatoms. The van der Waals surface area contributed by atoms with Crippen molar-refractivity contribution in [2.24, 2.45) is 0 Å². The van der Waals surface area contributed by atoms with E-state index in [9.17, 15) is 4.79 Å². The first-order valence-electron chi connectivity index (χ1n) is 7.24. The fraction of sp³-hybridized carbons (Fsp3) is 0.714. The van der Waals surface area contributed by atoms with Crippen molar-refractivity contribution in [3.8, 4) is 0 Å². The number of aromatic nitrogens is 2. The summed E-state index contributed by atoms with van der Waals surface area (Å²) in [5.74, 6) is 0. The van der Waals surface area contributed by atoms with Gasteiger partial charge in [0.25, 0.3) is 0 Å². The number of hydrogen-bond acceptors (Lipinski definition) is 5. The zero-order chi connectivity index (χ0) is 16.6. The second kappa shape index (κ2) is 8.60. The van der Waals surface area contributed by atoms with Crippen molar-refractivity contribution in [2.45, 2.75) is 32.9 Å². The maximum Gasteiger partial charge on any atom is 0.407 e. The monoisotopic (exact) mass is 314 g/mol. The molecule has 0 fully saturated rings. The fourth-order valence-electron chi connectivity index (χ4n) is 1.86. The van der Waals surface area contributed by atoms with Crippen molar-refractivity contribution in [1.82, 2.24) is 14.7 Å². The minimum absolute atomic E-state index is 0.339. The van der Waals surface area contributed by atoms with Crippen LogP contribution in [0.25, 0.3) is 0 Å². The van der Waals surface area contributed by atoms with Gasteiger partial charge in [-0.05, 0) is 20.8 Å². The highest BCUT2D eigenvalue weighted by molar-refractivity contribution is 5.65. The lowest BCUT2D eigenvalue weighted by Gasteiger charge is -2.32. The van der Waals surface area contributed by atoms with Crippen LogP contribution in [0.15, 0.2) is 12.4 Å². The molecule has 0 unspecified atom stereocenters. The van der Waals surface area contributed by atoms with Crippen molar-refractivity contribution in [3.63, 3.8) is 0 Å². The van der Waals surface area contributed by atoms with E-state index < -0.39 is 11.6 Å². The molecule has 0 saturated heterocycles. The molecule has 22 heavy (non-hydrogen) atoms. The van der Waals surface area contributed by atoms with Crippen molar-refractivity contribution >= 4 is 11.8 Å². The lowest BCUT2D eigenvalue weighted by molar-refractivity contribution is 0.0253. The Hall–Kier alpha value is -1.80. The van der Waals surface area contributed by atoms with Crippen LogP contribution in [0.2, 0.25) is 0 Å². The van der Waals surface area contributed by atoms with Gasteiger partial charge in [-0.3, -0.25) is 4.68 Å². The highest BCUT2D eigenvalue weighted by Crippen LogP contribution is 2.12. The van der Waals surface area contributed by atoms with Crippen molar-refractivity contribution < 1.29 is 19.4 Å². The van der Waals surface area contributed by atoms with E-state index in [1.54, 1.807) is 17.1 Å². The van der Waals surface area contributed by atoms with Crippen LogP contribution in [0.4, 0.5) is 10.5 Å². The summed E-state index contributed by atoms with van der Waals surface area (Å²) in [6.07, 6.45) is 2.39. The highest BCUT2D eigenvalue weighted by Gasteiger charge is 2.25. The molecule has 1 aromatic rings. The van der Waals surface area contributed by atoms with E-state index in [1.165, 1.54) is 4.90 Å². The van der Waals surface area contributed by atoms with Gasteiger partial charge in [-0.25, -0.2) is 4.79 Å². The van der Waals surface area contributed by atoms with Crippen LogP contribution < -0.4 is 5.73 Å². The molecule has 3 N–H and O–H groups in total. The molecule has 1 heterocycles. The Labute approximate surface area is 130 Å². The van der Waals surface area contributed by atoms with Gasteiger partial charge in [-0.15, -0.1) is 0 Å². The molecule has 0 aliphatic heterocycles. The highest BCUT2D eigenvalue weighted by atomic mass is 16.5. The zero-order valence-corrected chi connectivity index (χ0v) is 13.5. The van der Waals surface area contributed by atoms with Crippen LogP contribution in [0.5, 0.6) is 0 Å². The average Bonchev–Trinajstić information content (AvgIpc) is 2.80. The number of carboxylic acid groups (broad SMARTS) is 1. The summed E-state index contributed by atoms with van der Waals surface area (Å²) in [4.78, 5) is 12.5. The number of nitrogens with two attached hydrogens (primary N) is 1. The maximum atomic E-state index is 11.1. The number of anilines is 1. The molecular formula is C14H26N4O4. The number of amides is 1. The van der Waals surface area contributed by atoms with E-state index in [1.807, 2.05) is 20.8 Å². The minimum atomic E-state index is -0.939.